The molecule has 2 rings (SSSR count). The average Bonchev–Trinajstić information content (AvgIpc) is 2.85. The molecule has 0 spiro atoms. The van der Waals surface area contributed by atoms with Gasteiger partial charge in [0.1, 0.15) is 35.6 Å². The van der Waals surface area contributed by atoms with E-state index in [4.69, 9.17) is 14.2 Å². The smallest absolute Gasteiger partial charge is 0.408 e. The Labute approximate surface area is 236 Å². The largest absolute Gasteiger partial charge is 0.488 e. The lowest BCUT2D eigenvalue weighted by molar-refractivity contribution is -0.158. The summed E-state index contributed by atoms with van der Waals surface area (Å²) in [6.45, 7) is 12.2. The molecule has 40 heavy (non-hydrogen) atoms. The van der Waals surface area contributed by atoms with Crippen LogP contribution in [0.3, 0.4) is 0 Å². The highest BCUT2D eigenvalue weighted by atomic mass is 16.6. The van der Waals surface area contributed by atoms with Crippen LogP contribution in [0.25, 0.3) is 0 Å². The van der Waals surface area contributed by atoms with Crippen molar-refractivity contribution >= 4 is 23.9 Å². The Kier molecular flexibility index (Phi) is 11.5. The van der Waals surface area contributed by atoms with Crippen molar-refractivity contribution < 1.29 is 33.4 Å². The van der Waals surface area contributed by atoms with Crippen molar-refractivity contribution in [3.05, 3.63) is 65.7 Å². The van der Waals surface area contributed by atoms with Crippen LogP contribution >= 0.6 is 0 Å². The number of carbonyl (C=O) groups excluding carboxylic acids is 4. The number of esters is 1. The van der Waals surface area contributed by atoms with E-state index in [0.29, 0.717) is 5.75 Å². The van der Waals surface area contributed by atoms with Gasteiger partial charge in [-0.25, -0.2) is 9.59 Å². The molecule has 0 radical (unpaired) electrons. The number of rotatable bonds is 11. The molecule has 0 saturated heterocycles. The lowest BCUT2D eigenvalue weighted by Gasteiger charge is -2.25. The predicted molar refractivity (Wildman–Crippen MR) is 151 cm³/mol. The van der Waals surface area contributed by atoms with Crippen molar-refractivity contribution in [3.63, 3.8) is 0 Å². The number of amides is 3. The maximum Gasteiger partial charge on any atom is 0.408 e. The molecule has 0 saturated carbocycles. The van der Waals surface area contributed by atoms with E-state index in [2.05, 4.69) is 16.0 Å². The first-order valence-electron chi connectivity index (χ1n) is 13.2. The molecule has 3 amide bonds. The van der Waals surface area contributed by atoms with E-state index in [-0.39, 0.29) is 18.6 Å². The average molecular weight is 556 g/mol. The third-order valence-corrected chi connectivity index (χ3v) is 5.18. The number of hydrogen-bond acceptors (Lipinski definition) is 7. The fourth-order valence-corrected chi connectivity index (χ4v) is 3.42. The lowest BCUT2D eigenvalue weighted by atomic mass is 10.0. The highest BCUT2D eigenvalue weighted by Crippen LogP contribution is 2.19. The normalized spacial score (nSPS) is 12.9. The van der Waals surface area contributed by atoms with E-state index < -0.39 is 48.1 Å². The van der Waals surface area contributed by atoms with Crippen LogP contribution in [0.2, 0.25) is 0 Å². The minimum absolute atomic E-state index is 0.0574. The molecule has 0 aliphatic rings. The number of ether oxygens (including phenoxy) is 3. The molecule has 3 N–H and O–H groups in total. The standard InChI is InChI=1S/C30H41N3O7/c1-20(32-28(37)38-19-22-11-9-8-10-12-22)26(35)31-18-25(34)33-24(27(36)40-30(5,6)7)17-21-13-15-23(16-14-21)39-29(2,3)4/h8-16,20,24H,17-19H2,1-7H3,(H,31,35)(H,32,37)(H,33,34)/t20-,24-/m0/s1. The van der Waals surface area contributed by atoms with Crippen LogP contribution in [0.5, 0.6) is 5.75 Å². The Hall–Kier alpha value is -4.08. The molecule has 218 valence electrons. The van der Waals surface area contributed by atoms with Gasteiger partial charge in [0.05, 0.1) is 6.54 Å². The van der Waals surface area contributed by atoms with E-state index >= 15 is 0 Å². The van der Waals surface area contributed by atoms with E-state index in [0.717, 1.165) is 11.1 Å². The van der Waals surface area contributed by atoms with Gasteiger partial charge in [0, 0.05) is 6.42 Å². The van der Waals surface area contributed by atoms with Crippen molar-refractivity contribution in [2.75, 3.05) is 6.54 Å². The zero-order valence-corrected chi connectivity index (χ0v) is 24.3. The van der Waals surface area contributed by atoms with E-state index in [1.807, 2.05) is 63.2 Å². The quantitative estimate of drug-likeness (QED) is 0.361. The summed E-state index contributed by atoms with van der Waals surface area (Å²) in [5, 5.41) is 7.52. The van der Waals surface area contributed by atoms with Crippen LogP contribution in [-0.4, -0.2) is 53.7 Å². The number of benzene rings is 2. The Balaban J connectivity index is 1.91. The Bertz CT molecular complexity index is 1140. The first-order valence-corrected chi connectivity index (χ1v) is 13.2. The van der Waals surface area contributed by atoms with Gasteiger partial charge in [0.2, 0.25) is 11.8 Å². The van der Waals surface area contributed by atoms with Crippen LogP contribution in [0.15, 0.2) is 54.6 Å². The van der Waals surface area contributed by atoms with Gasteiger partial charge in [0.25, 0.3) is 0 Å². The van der Waals surface area contributed by atoms with Crippen molar-refractivity contribution in [1.82, 2.24) is 16.0 Å². The Morgan fingerprint density at radius 1 is 0.800 bits per heavy atom. The summed E-state index contributed by atoms with van der Waals surface area (Å²) >= 11 is 0. The molecule has 10 nitrogen and oxygen atoms in total. The summed E-state index contributed by atoms with van der Waals surface area (Å²) in [6.07, 6.45) is -0.588. The highest BCUT2D eigenvalue weighted by Gasteiger charge is 2.27. The minimum Gasteiger partial charge on any atom is -0.488 e. The summed E-state index contributed by atoms with van der Waals surface area (Å²) in [7, 11) is 0. The van der Waals surface area contributed by atoms with Gasteiger partial charge in [-0.2, -0.15) is 0 Å². The molecule has 0 aliphatic carbocycles. The summed E-state index contributed by atoms with van der Waals surface area (Å²) in [4.78, 5) is 50.0. The first kappa shape index (κ1) is 32.1. The van der Waals surface area contributed by atoms with Crippen LogP contribution in [0, 0.1) is 0 Å². The third kappa shape index (κ3) is 12.6. The molecule has 2 atom stereocenters. The van der Waals surface area contributed by atoms with E-state index in [9.17, 15) is 19.2 Å². The van der Waals surface area contributed by atoms with Gasteiger partial charge < -0.3 is 30.2 Å². The van der Waals surface area contributed by atoms with E-state index in [1.165, 1.54) is 6.92 Å². The molecule has 0 fully saturated rings. The second-order valence-electron chi connectivity index (χ2n) is 11.4. The maximum atomic E-state index is 12.9. The molecule has 10 heteroatoms. The number of nitrogens with one attached hydrogen (secondary N) is 3. The fraction of sp³-hybridized carbons (Fsp3) is 0.467. The van der Waals surface area contributed by atoms with Crippen molar-refractivity contribution in [3.8, 4) is 5.75 Å². The fourth-order valence-electron chi connectivity index (χ4n) is 3.42. The zero-order chi connectivity index (χ0) is 29.9. The van der Waals surface area contributed by atoms with Crippen LogP contribution in [-0.2, 0) is 36.9 Å². The van der Waals surface area contributed by atoms with Gasteiger partial charge in [-0.3, -0.25) is 9.59 Å². The Morgan fingerprint density at radius 2 is 1.43 bits per heavy atom. The van der Waals surface area contributed by atoms with Crippen molar-refractivity contribution in [2.45, 2.75) is 84.8 Å². The molecule has 0 aromatic heterocycles. The van der Waals surface area contributed by atoms with Crippen molar-refractivity contribution in [1.29, 1.82) is 0 Å². The second kappa shape index (κ2) is 14.3. The number of hydrogen-bond donors (Lipinski definition) is 3. The number of carbonyl (C=O) groups is 4. The van der Waals surface area contributed by atoms with E-state index in [1.54, 1.807) is 32.9 Å². The predicted octanol–water partition coefficient (Wildman–Crippen LogP) is 3.66. The summed E-state index contributed by atoms with van der Waals surface area (Å²) < 4.78 is 16.4. The molecular weight excluding hydrogens is 514 g/mol. The third-order valence-electron chi connectivity index (χ3n) is 5.18. The first-order chi connectivity index (χ1) is 18.6. The molecular formula is C30H41N3O7. The topological polar surface area (TPSA) is 132 Å². The number of alkyl carbamates (subject to hydrolysis) is 1. The van der Waals surface area contributed by atoms with Gasteiger partial charge in [0.15, 0.2) is 0 Å². The van der Waals surface area contributed by atoms with Crippen LogP contribution < -0.4 is 20.7 Å². The SMILES string of the molecule is C[C@H](NC(=O)OCc1ccccc1)C(=O)NCC(=O)N[C@@H](Cc1ccc(OC(C)(C)C)cc1)C(=O)OC(C)(C)C. The van der Waals surface area contributed by atoms with Crippen molar-refractivity contribution in [2.24, 2.45) is 0 Å². The molecule has 2 aromatic rings. The Morgan fingerprint density at radius 3 is 2.00 bits per heavy atom. The highest BCUT2D eigenvalue weighted by molar-refractivity contribution is 5.91. The summed E-state index contributed by atoms with van der Waals surface area (Å²) in [5.74, 6) is -1.09. The van der Waals surface area contributed by atoms with Gasteiger partial charge in [-0.1, -0.05) is 42.5 Å². The van der Waals surface area contributed by atoms with Crippen LogP contribution in [0.1, 0.15) is 59.6 Å². The molecule has 0 unspecified atom stereocenters. The minimum atomic E-state index is -0.985. The molecule has 2 aromatic carbocycles. The molecule has 0 bridgehead atoms. The maximum absolute atomic E-state index is 12.9. The molecule has 0 heterocycles. The molecule has 0 aliphatic heterocycles. The van der Waals surface area contributed by atoms with Crippen LogP contribution in [0.4, 0.5) is 4.79 Å². The monoisotopic (exact) mass is 555 g/mol. The van der Waals surface area contributed by atoms with Gasteiger partial charge in [-0.15, -0.1) is 0 Å². The summed E-state index contributed by atoms with van der Waals surface area (Å²) in [5.41, 5.74) is 0.483. The zero-order valence-electron chi connectivity index (χ0n) is 24.3. The van der Waals surface area contributed by atoms with Gasteiger partial charge >= 0.3 is 12.1 Å². The lowest BCUT2D eigenvalue weighted by Crippen LogP contribution is -2.51. The van der Waals surface area contributed by atoms with Gasteiger partial charge in [-0.05, 0) is 71.7 Å². The second-order valence-corrected chi connectivity index (χ2v) is 11.4. The summed E-state index contributed by atoms with van der Waals surface area (Å²) in [6, 6.07) is 14.4.